The molecule has 0 radical (unpaired) electrons. The zero-order chi connectivity index (χ0) is 11.8. The summed E-state index contributed by atoms with van der Waals surface area (Å²) in [5.74, 6) is -1.09. The lowest BCUT2D eigenvalue weighted by atomic mass is 9.78. The molecule has 86 valence electrons. The third-order valence-electron chi connectivity index (χ3n) is 3.14. The molecular weight excluding hydrogens is 210 g/mol. The molecule has 0 amide bonds. The first-order valence-electron chi connectivity index (χ1n) is 5.34. The summed E-state index contributed by atoms with van der Waals surface area (Å²) < 4.78 is 26.5. The van der Waals surface area contributed by atoms with Gasteiger partial charge in [-0.2, -0.15) is 0 Å². The second-order valence-electron chi connectivity index (χ2n) is 4.42. The van der Waals surface area contributed by atoms with Gasteiger partial charge in [-0.05, 0) is 36.5 Å². The molecule has 16 heavy (non-hydrogen) atoms. The summed E-state index contributed by atoms with van der Waals surface area (Å²) in [4.78, 5) is 0. The molecule has 0 heterocycles. The van der Waals surface area contributed by atoms with E-state index in [-0.39, 0.29) is 0 Å². The maximum atomic E-state index is 13.4. The van der Waals surface area contributed by atoms with Gasteiger partial charge in [0.2, 0.25) is 0 Å². The van der Waals surface area contributed by atoms with Crippen molar-refractivity contribution in [3.05, 3.63) is 47.5 Å². The number of aliphatic hydroxyl groups is 1. The Bertz CT molecular complexity index is 428. The number of hydrogen-bond donors (Lipinski definition) is 1. The predicted octanol–water partition coefficient (Wildman–Crippen LogP) is 2.76. The largest absolute Gasteiger partial charge is 0.389 e. The average Bonchev–Trinajstić information content (AvgIpc) is 2.15. The van der Waals surface area contributed by atoms with Gasteiger partial charge >= 0.3 is 0 Å². The van der Waals surface area contributed by atoms with Crippen molar-refractivity contribution < 1.29 is 13.9 Å². The summed E-state index contributed by atoms with van der Waals surface area (Å²) in [6, 6.07) is 2.21. The second kappa shape index (κ2) is 3.98. The minimum Gasteiger partial charge on any atom is -0.389 e. The highest BCUT2D eigenvalue weighted by molar-refractivity contribution is 5.33. The molecule has 0 saturated heterocycles. The summed E-state index contributed by atoms with van der Waals surface area (Å²) in [6.45, 7) is 3.58. The summed E-state index contributed by atoms with van der Waals surface area (Å²) in [7, 11) is 0. The van der Waals surface area contributed by atoms with E-state index in [0.717, 1.165) is 6.07 Å². The molecule has 1 aromatic carbocycles. The van der Waals surface area contributed by atoms with Crippen LogP contribution in [-0.2, 0) is 12.8 Å². The molecule has 0 aromatic heterocycles. The van der Waals surface area contributed by atoms with Gasteiger partial charge in [0.05, 0.1) is 5.60 Å². The lowest BCUT2D eigenvalue weighted by Crippen LogP contribution is -2.35. The van der Waals surface area contributed by atoms with Crippen molar-refractivity contribution >= 4 is 0 Å². The highest BCUT2D eigenvalue weighted by Gasteiger charge is 2.32. The summed E-state index contributed by atoms with van der Waals surface area (Å²) >= 11 is 0. The van der Waals surface area contributed by atoms with Gasteiger partial charge in [0, 0.05) is 12.5 Å². The van der Waals surface area contributed by atoms with E-state index in [0.29, 0.717) is 36.8 Å². The van der Waals surface area contributed by atoms with E-state index in [1.165, 1.54) is 6.07 Å². The molecule has 1 aromatic rings. The van der Waals surface area contributed by atoms with Crippen molar-refractivity contribution in [1.29, 1.82) is 0 Å². The van der Waals surface area contributed by atoms with Crippen LogP contribution < -0.4 is 0 Å². The summed E-state index contributed by atoms with van der Waals surface area (Å²) in [5.41, 5.74) is 0.220. The standard InChI is InChI=1S/C13H14F2O/c1-2-4-13(16)5-3-11-9(8-13)6-10(14)7-12(11)15/h2,6-7,16H,1,3-5,8H2. The highest BCUT2D eigenvalue weighted by atomic mass is 19.1. The third-order valence-corrected chi connectivity index (χ3v) is 3.14. The van der Waals surface area contributed by atoms with E-state index in [1.807, 2.05) is 0 Å². The maximum absolute atomic E-state index is 13.4. The smallest absolute Gasteiger partial charge is 0.129 e. The minimum atomic E-state index is -0.894. The fourth-order valence-electron chi connectivity index (χ4n) is 2.34. The van der Waals surface area contributed by atoms with E-state index in [9.17, 15) is 13.9 Å². The first kappa shape index (κ1) is 11.3. The minimum absolute atomic E-state index is 0.295. The van der Waals surface area contributed by atoms with Gasteiger partial charge in [-0.3, -0.25) is 0 Å². The van der Waals surface area contributed by atoms with E-state index >= 15 is 0 Å². The van der Waals surface area contributed by atoms with Gasteiger partial charge in [-0.15, -0.1) is 6.58 Å². The van der Waals surface area contributed by atoms with Crippen molar-refractivity contribution in [3.63, 3.8) is 0 Å². The fraction of sp³-hybridized carbons (Fsp3) is 0.385. The van der Waals surface area contributed by atoms with Crippen LogP contribution in [0.2, 0.25) is 0 Å². The molecule has 0 spiro atoms. The Labute approximate surface area is 93.4 Å². The summed E-state index contributed by atoms with van der Waals surface area (Å²) in [5, 5.41) is 10.2. The molecule has 1 nitrogen and oxygen atoms in total. The van der Waals surface area contributed by atoms with Crippen LogP contribution in [0.4, 0.5) is 8.78 Å². The Balaban J connectivity index is 2.36. The Morgan fingerprint density at radius 2 is 2.19 bits per heavy atom. The second-order valence-corrected chi connectivity index (χ2v) is 4.42. The molecule has 0 fully saturated rings. The van der Waals surface area contributed by atoms with E-state index in [2.05, 4.69) is 6.58 Å². The molecular formula is C13H14F2O. The number of hydrogen-bond acceptors (Lipinski definition) is 1. The first-order chi connectivity index (χ1) is 7.54. The molecule has 0 bridgehead atoms. The van der Waals surface area contributed by atoms with Crippen molar-refractivity contribution in [2.75, 3.05) is 0 Å². The van der Waals surface area contributed by atoms with E-state index in [4.69, 9.17) is 0 Å². The van der Waals surface area contributed by atoms with E-state index < -0.39 is 17.2 Å². The molecule has 2 rings (SSSR count). The highest BCUT2D eigenvalue weighted by Crippen LogP contribution is 2.33. The monoisotopic (exact) mass is 224 g/mol. The van der Waals surface area contributed by atoms with Crippen LogP contribution in [0.5, 0.6) is 0 Å². The van der Waals surface area contributed by atoms with Crippen molar-refractivity contribution in [1.82, 2.24) is 0 Å². The number of halogens is 2. The Morgan fingerprint density at radius 3 is 2.88 bits per heavy atom. The third kappa shape index (κ3) is 2.00. The first-order valence-corrected chi connectivity index (χ1v) is 5.34. The topological polar surface area (TPSA) is 20.2 Å². The van der Waals surface area contributed by atoms with Crippen molar-refractivity contribution in [2.24, 2.45) is 0 Å². The lowest BCUT2D eigenvalue weighted by Gasteiger charge is -2.32. The maximum Gasteiger partial charge on any atom is 0.129 e. The molecule has 1 unspecified atom stereocenters. The molecule has 0 aliphatic heterocycles. The molecule has 3 heteroatoms. The zero-order valence-corrected chi connectivity index (χ0v) is 8.97. The van der Waals surface area contributed by atoms with Gasteiger partial charge in [0.25, 0.3) is 0 Å². The van der Waals surface area contributed by atoms with Crippen LogP contribution in [0.25, 0.3) is 0 Å². The molecule has 0 saturated carbocycles. The Hall–Kier alpha value is -1.22. The molecule has 1 aliphatic rings. The average molecular weight is 224 g/mol. The Kier molecular flexibility index (Phi) is 2.80. The van der Waals surface area contributed by atoms with Gasteiger partial charge in [0.15, 0.2) is 0 Å². The van der Waals surface area contributed by atoms with Crippen LogP contribution in [-0.4, -0.2) is 10.7 Å². The fourth-order valence-corrected chi connectivity index (χ4v) is 2.34. The van der Waals surface area contributed by atoms with Gasteiger partial charge in [0.1, 0.15) is 11.6 Å². The van der Waals surface area contributed by atoms with Crippen LogP contribution in [0, 0.1) is 11.6 Å². The zero-order valence-electron chi connectivity index (χ0n) is 8.97. The Morgan fingerprint density at radius 1 is 1.44 bits per heavy atom. The van der Waals surface area contributed by atoms with Crippen LogP contribution in [0.15, 0.2) is 24.8 Å². The predicted molar refractivity (Wildman–Crippen MR) is 58.1 cm³/mol. The molecule has 1 aliphatic carbocycles. The van der Waals surface area contributed by atoms with Gasteiger partial charge in [-0.25, -0.2) is 8.78 Å². The van der Waals surface area contributed by atoms with Gasteiger partial charge < -0.3 is 5.11 Å². The van der Waals surface area contributed by atoms with Crippen LogP contribution >= 0.6 is 0 Å². The molecule has 1 N–H and O–H groups in total. The van der Waals surface area contributed by atoms with Crippen molar-refractivity contribution in [2.45, 2.75) is 31.3 Å². The van der Waals surface area contributed by atoms with Crippen LogP contribution in [0.1, 0.15) is 24.0 Å². The van der Waals surface area contributed by atoms with Crippen LogP contribution in [0.3, 0.4) is 0 Å². The van der Waals surface area contributed by atoms with Crippen molar-refractivity contribution in [3.8, 4) is 0 Å². The normalized spacial score (nSPS) is 23.9. The number of rotatable bonds is 2. The number of fused-ring (bicyclic) bond motifs is 1. The molecule has 1 atom stereocenters. The van der Waals surface area contributed by atoms with Gasteiger partial charge in [-0.1, -0.05) is 6.08 Å². The number of benzene rings is 1. The SMILES string of the molecule is C=CCC1(O)CCc2c(F)cc(F)cc2C1. The quantitative estimate of drug-likeness (QED) is 0.766. The lowest BCUT2D eigenvalue weighted by molar-refractivity contribution is 0.0289. The summed E-state index contributed by atoms with van der Waals surface area (Å²) in [6.07, 6.45) is 3.33. The van der Waals surface area contributed by atoms with E-state index in [1.54, 1.807) is 6.08 Å².